The van der Waals surface area contributed by atoms with Gasteiger partial charge in [-0.25, -0.2) is 18.0 Å². The van der Waals surface area contributed by atoms with Gasteiger partial charge in [-0.15, -0.1) is 0 Å². The molecule has 0 aliphatic heterocycles. The molecule has 0 saturated carbocycles. The zero-order valence-corrected chi connectivity index (χ0v) is 22.9. The van der Waals surface area contributed by atoms with Gasteiger partial charge in [-0.05, 0) is 0 Å². The lowest BCUT2D eigenvalue weighted by Crippen LogP contribution is -2.58. The quantitative estimate of drug-likeness (QED) is 0.225. The summed E-state index contributed by atoms with van der Waals surface area (Å²) in [4.78, 5) is 22.5. The first-order valence-corrected chi connectivity index (χ1v) is 13.1. The number of nitrogens with one attached hydrogen (secondary N) is 2. The Morgan fingerprint density at radius 2 is 0.865 bits per heavy atom. The van der Waals surface area contributed by atoms with Crippen molar-refractivity contribution in [1.29, 1.82) is 0 Å². The van der Waals surface area contributed by atoms with Crippen LogP contribution in [0.2, 0.25) is 0 Å². The standard InChI is InChI=1S/C11H10Cl6F6N2O10S2/c12-9(13,14)3-34-36(28,29)24-5(26)32-1-7(18,19)11(22,23)8(20,21)2-33-6(27)25-37(30,31)35-4-10(15,16)17/h1-4H2,(H,24,26)(H,25,27). The highest BCUT2D eigenvalue weighted by atomic mass is 35.6. The molecule has 0 atom stereocenters. The lowest BCUT2D eigenvalue weighted by molar-refractivity contribution is -0.322. The summed E-state index contributed by atoms with van der Waals surface area (Å²) >= 11 is 30.9. The molecule has 0 radical (unpaired) electrons. The molecule has 0 aromatic heterocycles. The molecule has 2 N–H and O–H groups in total. The van der Waals surface area contributed by atoms with Crippen molar-refractivity contribution in [1.82, 2.24) is 9.44 Å². The molecule has 0 aliphatic rings. The molecule has 0 spiro atoms. The molecule has 220 valence electrons. The summed E-state index contributed by atoms with van der Waals surface area (Å²) in [5, 5.41) is 0. The summed E-state index contributed by atoms with van der Waals surface area (Å²) < 4.78 is 139. The predicted octanol–water partition coefficient (Wildman–Crippen LogP) is 3.61. The number of ether oxygens (including phenoxy) is 2. The van der Waals surface area contributed by atoms with Crippen LogP contribution in [0.25, 0.3) is 0 Å². The molecule has 0 aromatic rings. The lowest BCUT2D eigenvalue weighted by atomic mass is 10.1. The highest BCUT2D eigenvalue weighted by Gasteiger charge is 2.72. The largest absolute Gasteiger partial charge is 0.442 e. The van der Waals surface area contributed by atoms with Crippen LogP contribution in [0, 0.1) is 0 Å². The number of carbonyl (C=O) groups is 2. The van der Waals surface area contributed by atoms with E-state index in [-0.39, 0.29) is 0 Å². The zero-order valence-electron chi connectivity index (χ0n) is 16.8. The van der Waals surface area contributed by atoms with E-state index in [1.165, 1.54) is 0 Å². The Morgan fingerprint density at radius 3 is 1.11 bits per heavy atom. The Bertz CT molecular complexity index is 958. The Labute approximate surface area is 233 Å². The third-order valence-electron chi connectivity index (χ3n) is 2.86. The first-order chi connectivity index (χ1) is 16.1. The van der Waals surface area contributed by atoms with Crippen LogP contribution in [-0.2, 0) is 38.4 Å². The Kier molecular flexibility index (Phi) is 12.8. The molecule has 0 aliphatic carbocycles. The molecule has 0 rings (SSSR count). The van der Waals surface area contributed by atoms with Crippen LogP contribution in [0.4, 0.5) is 35.9 Å². The van der Waals surface area contributed by atoms with E-state index in [4.69, 9.17) is 69.6 Å². The number of rotatable bonds is 12. The number of alkyl halides is 12. The van der Waals surface area contributed by atoms with E-state index >= 15 is 0 Å². The van der Waals surface area contributed by atoms with E-state index in [0.717, 1.165) is 9.44 Å². The first kappa shape index (κ1) is 36.7. The molecule has 26 heteroatoms. The van der Waals surface area contributed by atoms with Gasteiger partial charge in [0.15, 0.2) is 13.2 Å². The summed E-state index contributed by atoms with van der Waals surface area (Å²) in [6, 6.07) is 0. The Hall–Kier alpha value is -0.320. The van der Waals surface area contributed by atoms with Gasteiger partial charge in [0.2, 0.25) is 7.59 Å². The molecule has 12 nitrogen and oxygen atoms in total. The lowest BCUT2D eigenvalue weighted by Gasteiger charge is -2.31. The van der Waals surface area contributed by atoms with Crippen molar-refractivity contribution in [3.05, 3.63) is 0 Å². The second-order valence-corrected chi connectivity index (χ2v) is 13.7. The summed E-state index contributed by atoms with van der Waals surface area (Å²) in [6.45, 7) is -8.14. The average molecular weight is 721 g/mol. The van der Waals surface area contributed by atoms with Crippen molar-refractivity contribution in [2.75, 3.05) is 26.4 Å². The van der Waals surface area contributed by atoms with Gasteiger partial charge in [-0.2, -0.15) is 52.6 Å². The Morgan fingerprint density at radius 1 is 0.595 bits per heavy atom. The topological polar surface area (TPSA) is 163 Å². The monoisotopic (exact) mass is 718 g/mol. The smallest absolute Gasteiger partial charge is 0.422 e. The van der Waals surface area contributed by atoms with Crippen LogP contribution in [0.5, 0.6) is 0 Å². The van der Waals surface area contributed by atoms with Crippen molar-refractivity contribution < 1.29 is 70.6 Å². The maximum absolute atomic E-state index is 13.8. The fourth-order valence-corrected chi connectivity index (χ4v) is 3.40. The fourth-order valence-electron chi connectivity index (χ4n) is 1.37. The van der Waals surface area contributed by atoms with E-state index in [0.29, 0.717) is 0 Å². The fraction of sp³-hybridized carbons (Fsp3) is 0.818. The molecule has 0 saturated heterocycles. The van der Waals surface area contributed by atoms with E-state index in [2.05, 4.69) is 17.8 Å². The maximum Gasteiger partial charge on any atom is 0.422 e. The number of halogens is 12. The summed E-state index contributed by atoms with van der Waals surface area (Å²) in [5.74, 6) is -18.3. The first-order valence-electron chi connectivity index (χ1n) is 8.06. The third kappa shape index (κ3) is 14.0. The van der Waals surface area contributed by atoms with E-state index < -0.39 is 84.6 Å². The third-order valence-corrected chi connectivity index (χ3v) is 5.20. The normalized spacial score (nSPS) is 14.2. The number of carbonyl (C=O) groups excluding carboxylic acids is 2. The summed E-state index contributed by atoms with van der Waals surface area (Å²) in [7, 11) is -10.4. The molecular weight excluding hydrogens is 711 g/mol. The maximum atomic E-state index is 13.8. The summed E-state index contributed by atoms with van der Waals surface area (Å²) in [5.41, 5.74) is 0. The minimum atomic E-state index is -6.45. The molecule has 0 aromatic carbocycles. The van der Waals surface area contributed by atoms with Crippen molar-refractivity contribution in [2.24, 2.45) is 0 Å². The Balaban J connectivity index is 5.10. The van der Waals surface area contributed by atoms with Gasteiger partial charge in [0.25, 0.3) is 0 Å². The van der Waals surface area contributed by atoms with Gasteiger partial charge < -0.3 is 9.47 Å². The number of hydrogen-bond donors (Lipinski definition) is 2. The van der Waals surface area contributed by atoms with Crippen LogP contribution in [0.1, 0.15) is 0 Å². The minimum absolute atomic E-state index is 0.749. The van der Waals surface area contributed by atoms with E-state index in [1.54, 1.807) is 0 Å². The van der Waals surface area contributed by atoms with Crippen LogP contribution < -0.4 is 9.44 Å². The van der Waals surface area contributed by atoms with Crippen LogP contribution >= 0.6 is 69.6 Å². The highest BCUT2D eigenvalue weighted by Crippen LogP contribution is 2.46. The van der Waals surface area contributed by atoms with Gasteiger partial charge >= 0.3 is 50.6 Å². The van der Waals surface area contributed by atoms with Crippen LogP contribution in [-0.4, -0.2) is 80.8 Å². The molecule has 0 fully saturated rings. The molecular formula is C11H10Cl6F6N2O10S2. The SMILES string of the molecule is O=C(NS(=O)(=O)OCC(Cl)(Cl)Cl)OCC(F)(F)C(F)(F)C(F)(F)COC(=O)NS(=O)(=O)OCC(Cl)(Cl)Cl. The van der Waals surface area contributed by atoms with Gasteiger partial charge in [-0.1, -0.05) is 69.6 Å². The molecule has 0 unspecified atom stereocenters. The molecule has 37 heavy (non-hydrogen) atoms. The highest BCUT2D eigenvalue weighted by molar-refractivity contribution is 7.85. The van der Waals surface area contributed by atoms with Gasteiger partial charge in [-0.3, -0.25) is 0 Å². The molecule has 0 heterocycles. The van der Waals surface area contributed by atoms with Crippen LogP contribution in [0.3, 0.4) is 0 Å². The van der Waals surface area contributed by atoms with Crippen molar-refractivity contribution in [3.63, 3.8) is 0 Å². The predicted molar refractivity (Wildman–Crippen MR) is 114 cm³/mol. The van der Waals surface area contributed by atoms with E-state index in [1.807, 2.05) is 0 Å². The second kappa shape index (κ2) is 12.9. The average Bonchev–Trinajstić information content (AvgIpc) is 2.66. The van der Waals surface area contributed by atoms with Gasteiger partial charge in [0.1, 0.15) is 13.2 Å². The molecule has 2 amide bonds. The number of amides is 2. The molecule has 0 bridgehead atoms. The van der Waals surface area contributed by atoms with Crippen molar-refractivity contribution >= 4 is 102 Å². The van der Waals surface area contributed by atoms with Crippen LogP contribution in [0.15, 0.2) is 0 Å². The van der Waals surface area contributed by atoms with E-state index in [9.17, 15) is 52.8 Å². The van der Waals surface area contributed by atoms with Gasteiger partial charge in [0.05, 0.1) is 0 Å². The van der Waals surface area contributed by atoms with Gasteiger partial charge in [0, 0.05) is 0 Å². The van der Waals surface area contributed by atoms with Crippen molar-refractivity contribution in [3.8, 4) is 0 Å². The zero-order chi connectivity index (χ0) is 29.7. The second-order valence-electron chi connectivity index (χ2n) is 6.00. The van der Waals surface area contributed by atoms with Crippen molar-refractivity contribution in [2.45, 2.75) is 25.4 Å². The summed E-state index contributed by atoms with van der Waals surface area (Å²) in [6.07, 6.45) is -4.81. The minimum Gasteiger partial charge on any atom is -0.442 e. The number of hydrogen-bond acceptors (Lipinski definition) is 10.